The van der Waals surface area contributed by atoms with Crippen molar-refractivity contribution < 1.29 is 14.3 Å². The van der Waals surface area contributed by atoms with E-state index in [1.807, 2.05) is 54.6 Å². The molecule has 0 aliphatic heterocycles. The van der Waals surface area contributed by atoms with E-state index in [9.17, 15) is 4.79 Å². The molecule has 0 amide bonds. The van der Waals surface area contributed by atoms with E-state index in [-0.39, 0.29) is 5.78 Å². The van der Waals surface area contributed by atoms with Gasteiger partial charge in [0.15, 0.2) is 0 Å². The molecule has 0 fully saturated rings. The summed E-state index contributed by atoms with van der Waals surface area (Å²) in [5.41, 5.74) is 3.86. The fourth-order valence-corrected chi connectivity index (χ4v) is 3.10. The summed E-state index contributed by atoms with van der Waals surface area (Å²) in [6.45, 7) is 3.83. The second-order valence-corrected chi connectivity index (χ2v) is 5.86. The van der Waals surface area contributed by atoms with Gasteiger partial charge in [-0.25, -0.2) is 0 Å². The quantitative estimate of drug-likeness (QED) is 0.609. The first-order valence-corrected chi connectivity index (χ1v) is 8.32. The Morgan fingerprint density at radius 2 is 1.69 bits per heavy atom. The number of hydrogen-bond donors (Lipinski definition) is 0. The van der Waals surface area contributed by atoms with Gasteiger partial charge in [0.05, 0.1) is 5.57 Å². The zero-order valence-corrected chi connectivity index (χ0v) is 14.9. The average molecular weight is 344 g/mol. The van der Waals surface area contributed by atoms with Crippen molar-refractivity contribution in [3.63, 3.8) is 0 Å². The van der Waals surface area contributed by atoms with E-state index in [0.717, 1.165) is 16.7 Å². The van der Waals surface area contributed by atoms with E-state index >= 15 is 0 Å². The third-order valence-corrected chi connectivity index (χ3v) is 4.48. The van der Waals surface area contributed by atoms with Crippen molar-refractivity contribution in [2.24, 2.45) is 0 Å². The van der Waals surface area contributed by atoms with Crippen molar-refractivity contribution in [3.05, 3.63) is 83.4 Å². The van der Waals surface area contributed by atoms with E-state index in [1.165, 1.54) is 14.2 Å². The van der Waals surface area contributed by atoms with E-state index in [0.29, 0.717) is 17.6 Å². The lowest BCUT2D eigenvalue weighted by atomic mass is 9.75. The molecule has 3 heteroatoms. The molecule has 0 spiro atoms. The van der Waals surface area contributed by atoms with Crippen LogP contribution in [0.3, 0.4) is 0 Å². The molecule has 1 aliphatic carbocycles. The number of ether oxygens (including phenoxy) is 2. The number of benzene rings is 2. The van der Waals surface area contributed by atoms with Gasteiger partial charge in [0.25, 0.3) is 5.79 Å². The molecule has 0 N–H and O–H groups in total. The molecule has 0 atom stereocenters. The highest BCUT2D eigenvalue weighted by molar-refractivity contribution is 6.35. The van der Waals surface area contributed by atoms with Crippen LogP contribution in [-0.4, -0.2) is 25.8 Å². The molecule has 3 nitrogen and oxygen atoms in total. The van der Waals surface area contributed by atoms with Gasteiger partial charge >= 0.3 is 0 Å². The Kier molecular flexibility index (Phi) is 5.18. The fraction of sp³-hybridized carbons (Fsp3) is 0.174. The molecule has 2 aromatic carbocycles. The summed E-state index contributed by atoms with van der Waals surface area (Å²) in [6.07, 6.45) is 2.31. The Balaban J connectivity index is 2.07. The lowest BCUT2D eigenvalue weighted by Crippen LogP contribution is -2.53. The molecule has 0 radical (unpaired) electrons. The summed E-state index contributed by atoms with van der Waals surface area (Å²) in [6, 6.07) is 17.5. The lowest BCUT2D eigenvalue weighted by Gasteiger charge is -2.39. The number of rotatable bonds is 5. The second kappa shape index (κ2) is 7.53. The lowest BCUT2D eigenvalue weighted by molar-refractivity contribution is -0.189. The number of Topliss-reactive ketones (excluding diaryl/α,β-unsaturated/α-hetero) is 1. The molecule has 1 aliphatic rings. The van der Waals surface area contributed by atoms with Crippen LogP contribution in [0.2, 0.25) is 0 Å². The predicted octanol–water partition coefficient (Wildman–Crippen LogP) is 3.90. The fourth-order valence-electron chi connectivity index (χ4n) is 3.10. The molecule has 0 saturated heterocycles. The molecule has 0 saturated carbocycles. The maximum Gasteiger partial charge on any atom is 0.269 e. The minimum atomic E-state index is -1.42. The number of methoxy groups -OCH3 is 2. The number of ketones is 1. The molecule has 26 heavy (non-hydrogen) atoms. The van der Waals surface area contributed by atoms with Gasteiger partial charge in [-0.3, -0.25) is 4.79 Å². The van der Waals surface area contributed by atoms with E-state index in [1.54, 1.807) is 6.08 Å². The van der Waals surface area contributed by atoms with Gasteiger partial charge in [0.1, 0.15) is 0 Å². The predicted molar refractivity (Wildman–Crippen MR) is 103 cm³/mol. The highest BCUT2D eigenvalue weighted by Gasteiger charge is 2.55. The average Bonchev–Trinajstić information content (AvgIpc) is 2.69. The number of carbonyl (C=O) groups is 1. The highest BCUT2D eigenvalue weighted by atomic mass is 16.7. The first-order chi connectivity index (χ1) is 12.7. The van der Waals surface area contributed by atoms with Crippen LogP contribution in [-0.2, 0) is 20.7 Å². The largest absolute Gasteiger partial charge is 0.343 e. The van der Waals surface area contributed by atoms with Gasteiger partial charge in [-0.1, -0.05) is 79.1 Å². The SMILES string of the molecule is C=Cc1ccccc1C1=C(C#CCc2ccccc2)C(OC)(OC)C1=O. The van der Waals surface area contributed by atoms with Gasteiger partial charge < -0.3 is 9.47 Å². The molecule has 0 bridgehead atoms. The summed E-state index contributed by atoms with van der Waals surface area (Å²) < 4.78 is 10.8. The highest BCUT2D eigenvalue weighted by Crippen LogP contribution is 2.44. The smallest absolute Gasteiger partial charge is 0.269 e. The van der Waals surface area contributed by atoms with Crippen LogP contribution in [0.15, 0.2) is 66.7 Å². The van der Waals surface area contributed by atoms with Gasteiger partial charge in [0.2, 0.25) is 5.78 Å². The standard InChI is InChI=1S/C23H20O3/c1-4-18-14-8-9-15-19(18)21-20(23(25-2,26-3)22(21)24)16-10-13-17-11-6-5-7-12-17/h4-9,11-12,14-15H,1,13H2,2-3H3. The van der Waals surface area contributed by atoms with Crippen molar-refractivity contribution in [1.29, 1.82) is 0 Å². The van der Waals surface area contributed by atoms with Crippen LogP contribution in [0.5, 0.6) is 0 Å². The van der Waals surface area contributed by atoms with Crippen molar-refractivity contribution in [1.82, 2.24) is 0 Å². The van der Waals surface area contributed by atoms with Gasteiger partial charge in [0, 0.05) is 26.2 Å². The summed E-state index contributed by atoms with van der Waals surface area (Å²) in [4.78, 5) is 12.8. The Hall–Kier alpha value is -2.93. The molecule has 3 rings (SSSR count). The van der Waals surface area contributed by atoms with E-state index in [4.69, 9.17) is 9.47 Å². The summed E-state index contributed by atoms with van der Waals surface area (Å²) in [5, 5.41) is 0. The van der Waals surface area contributed by atoms with Crippen LogP contribution in [0.25, 0.3) is 11.6 Å². The maximum absolute atomic E-state index is 12.8. The molecular formula is C23H20O3. The zero-order valence-electron chi connectivity index (χ0n) is 14.9. The van der Waals surface area contributed by atoms with Gasteiger partial charge in [-0.05, 0) is 16.7 Å². The minimum absolute atomic E-state index is 0.221. The van der Waals surface area contributed by atoms with Crippen LogP contribution >= 0.6 is 0 Å². The first kappa shape index (κ1) is 17.9. The van der Waals surface area contributed by atoms with E-state index < -0.39 is 5.79 Å². The topological polar surface area (TPSA) is 35.5 Å². The first-order valence-electron chi connectivity index (χ1n) is 8.32. The van der Waals surface area contributed by atoms with Gasteiger partial charge in [-0.15, -0.1) is 0 Å². The summed E-state index contributed by atoms with van der Waals surface area (Å²) in [7, 11) is 2.91. The Morgan fingerprint density at radius 1 is 1.04 bits per heavy atom. The van der Waals surface area contributed by atoms with Gasteiger partial charge in [-0.2, -0.15) is 0 Å². The zero-order chi connectivity index (χ0) is 18.6. The Bertz CT molecular complexity index is 923. The van der Waals surface area contributed by atoms with Crippen molar-refractivity contribution in [3.8, 4) is 11.8 Å². The molecule has 0 unspecified atom stereocenters. The van der Waals surface area contributed by atoms with Crippen molar-refractivity contribution in [2.45, 2.75) is 12.2 Å². The Morgan fingerprint density at radius 3 is 2.35 bits per heavy atom. The molecule has 0 aromatic heterocycles. The minimum Gasteiger partial charge on any atom is -0.343 e. The summed E-state index contributed by atoms with van der Waals surface area (Å²) >= 11 is 0. The van der Waals surface area contributed by atoms with E-state index in [2.05, 4.69) is 18.4 Å². The van der Waals surface area contributed by atoms with Crippen LogP contribution in [0.1, 0.15) is 16.7 Å². The maximum atomic E-state index is 12.8. The number of carbonyl (C=O) groups excluding carboxylic acids is 1. The number of hydrogen-bond acceptors (Lipinski definition) is 3. The third-order valence-electron chi connectivity index (χ3n) is 4.48. The van der Waals surface area contributed by atoms with Crippen LogP contribution in [0, 0.1) is 11.8 Å². The van der Waals surface area contributed by atoms with Crippen molar-refractivity contribution >= 4 is 17.4 Å². The second-order valence-electron chi connectivity index (χ2n) is 5.86. The molecule has 2 aromatic rings. The molecular weight excluding hydrogens is 324 g/mol. The van der Waals surface area contributed by atoms with Crippen LogP contribution in [0.4, 0.5) is 0 Å². The Labute approximate surface area is 154 Å². The normalized spacial score (nSPS) is 15.1. The third kappa shape index (κ3) is 2.90. The molecule has 130 valence electrons. The van der Waals surface area contributed by atoms with Crippen LogP contribution < -0.4 is 0 Å². The summed E-state index contributed by atoms with van der Waals surface area (Å²) in [5.74, 6) is 4.61. The van der Waals surface area contributed by atoms with Crippen molar-refractivity contribution in [2.75, 3.05) is 14.2 Å². The molecule has 0 heterocycles. The monoisotopic (exact) mass is 344 g/mol.